The Bertz CT molecular complexity index is 491. The molecule has 0 aliphatic rings. The molecule has 8 heteroatoms. The Balaban J connectivity index is 2.52. The number of hydrogen-bond donors (Lipinski definition) is 3. The predicted octanol–water partition coefficient (Wildman–Crippen LogP) is 0.891. The molecule has 96 valence electrons. The zero-order valence-electron chi connectivity index (χ0n) is 9.33. The van der Waals surface area contributed by atoms with Crippen molar-refractivity contribution in [3.05, 3.63) is 35.4 Å². The molecule has 0 radical (unpaired) electrons. The van der Waals surface area contributed by atoms with Crippen LogP contribution < -0.4 is 10.9 Å². The minimum absolute atomic E-state index is 0.0808. The number of hydroxylamine groups is 1. The molecule has 18 heavy (non-hydrogen) atoms. The van der Waals surface area contributed by atoms with Crippen molar-refractivity contribution in [3.63, 3.8) is 0 Å². The maximum absolute atomic E-state index is 13.1. The summed E-state index contributed by atoms with van der Waals surface area (Å²) in [7, 11) is 0. The molecule has 0 fully saturated rings. The molecule has 0 atom stereocenters. The minimum atomic E-state index is -1.04. The van der Waals surface area contributed by atoms with Gasteiger partial charge in [0.2, 0.25) is 5.96 Å². The summed E-state index contributed by atoms with van der Waals surface area (Å²) >= 11 is 0. The van der Waals surface area contributed by atoms with Crippen molar-refractivity contribution in [2.45, 2.75) is 6.92 Å². The van der Waals surface area contributed by atoms with Crippen molar-refractivity contribution < 1.29 is 18.4 Å². The Hall–Kier alpha value is -2.51. The van der Waals surface area contributed by atoms with Crippen LogP contribution >= 0.6 is 0 Å². The van der Waals surface area contributed by atoms with Crippen molar-refractivity contribution in [1.82, 2.24) is 10.9 Å². The number of hydrogen-bond acceptors (Lipinski definition) is 4. The number of benzene rings is 1. The Kier molecular flexibility index (Phi) is 4.73. The van der Waals surface area contributed by atoms with Crippen LogP contribution in [0.2, 0.25) is 0 Å². The third-order valence-electron chi connectivity index (χ3n) is 1.66. The van der Waals surface area contributed by atoms with E-state index in [-0.39, 0.29) is 5.56 Å². The third-order valence-corrected chi connectivity index (χ3v) is 1.66. The molecule has 1 aromatic rings. The maximum atomic E-state index is 13.1. The van der Waals surface area contributed by atoms with Gasteiger partial charge in [0, 0.05) is 12.5 Å². The van der Waals surface area contributed by atoms with Crippen LogP contribution in [-0.4, -0.2) is 18.1 Å². The minimum Gasteiger partial charge on any atom is -0.341 e. The molecule has 0 unspecified atom stereocenters. The number of hydrazone groups is 1. The molecule has 6 nitrogen and oxygen atoms in total. The van der Waals surface area contributed by atoms with Gasteiger partial charge in [-0.1, -0.05) is 12.1 Å². The second-order valence-electron chi connectivity index (χ2n) is 3.08. The van der Waals surface area contributed by atoms with Gasteiger partial charge in [-0.3, -0.25) is 10.2 Å². The summed E-state index contributed by atoms with van der Waals surface area (Å²) in [5.74, 6) is -3.10. The number of nitrogens with zero attached hydrogens (tertiary/aromatic N) is 1. The first-order valence-electron chi connectivity index (χ1n) is 4.75. The molecule has 0 spiro atoms. The molecular weight excluding hydrogens is 246 g/mol. The standard InChI is InChI=1S/C10H10F2N4O2/c1-6(17)18-16-10(13)15-14-5-7-3-2-4-8(11)9(7)12/h2-5H,1H3,(H3,13,15,16). The van der Waals surface area contributed by atoms with Crippen LogP contribution in [0.15, 0.2) is 23.3 Å². The monoisotopic (exact) mass is 256 g/mol. The molecule has 0 aliphatic heterocycles. The maximum Gasteiger partial charge on any atom is 0.329 e. The summed E-state index contributed by atoms with van der Waals surface area (Å²) in [4.78, 5) is 14.7. The van der Waals surface area contributed by atoms with E-state index in [1.54, 1.807) is 0 Å². The molecule has 0 bridgehead atoms. The highest BCUT2D eigenvalue weighted by Crippen LogP contribution is 2.08. The summed E-state index contributed by atoms with van der Waals surface area (Å²) < 4.78 is 26.0. The van der Waals surface area contributed by atoms with E-state index in [1.807, 2.05) is 5.48 Å². The second-order valence-corrected chi connectivity index (χ2v) is 3.08. The molecule has 0 saturated carbocycles. The van der Waals surface area contributed by atoms with Crippen molar-refractivity contribution in [3.8, 4) is 0 Å². The SMILES string of the molecule is CC(=O)ONC(=N)NN=Cc1cccc(F)c1F. The fraction of sp³-hybridized carbons (Fsp3) is 0.100. The van der Waals surface area contributed by atoms with Gasteiger partial charge in [-0.25, -0.2) is 14.2 Å². The fourth-order valence-electron chi connectivity index (χ4n) is 0.932. The van der Waals surface area contributed by atoms with E-state index in [0.717, 1.165) is 19.2 Å². The van der Waals surface area contributed by atoms with Crippen LogP contribution in [-0.2, 0) is 9.63 Å². The van der Waals surface area contributed by atoms with Crippen molar-refractivity contribution >= 4 is 18.1 Å². The summed E-state index contributed by atoms with van der Waals surface area (Å²) in [6, 6.07) is 3.61. The van der Waals surface area contributed by atoms with Crippen molar-refractivity contribution in [2.24, 2.45) is 5.10 Å². The highest BCUT2D eigenvalue weighted by molar-refractivity contribution is 5.82. The highest BCUT2D eigenvalue weighted by atomic mass is 19.2. The molecule has 3 N–H and O–H groups in total. The van der Waals surface area contributed by atoms with Gasteiger partial charge in [-0.05, 0) is 6.07 Å². The largest absolute Gasteiger partial charge is 0.341 e. The quantitative estimate of drug-likeness (QED) is 0.416. The van der Waals surface area contributed by atoms with E-state index in [9.17, 15) is 13.6 Å². The van der Waals surface area contributed by atoms with Crippen LogP contribution in [0.3, 0.4) is 0 Å². The van der Waals surface area contributed by atoms with Crippen LogP contribution in [0.25, 0.3) is 0 Å². The molecule has 0 aliphatic carbocycles. The van der Waals surface area contributed by atoms with E-state index in [0.29, 0.717) is 0 Å². The molecule has 0 aromatic heterocycles. The van der Waals surface area contributed by atoms with E-state index >= 15 is 0 Å². The fourth-order valence-corrected chi connectivity index (χ4v) is 0.932. The summed E-state index contributed by atoms with van der Waals surface area (Å²) in [6.45, 7) is 1.14. The highest BCUT2D eigenvalue weighted by Gasteiger charge is 2.04. The van der Waals surface area contributed by atoms with Gasteiger partial charge in [0.1, 0.15) is 0 Å². The summed E-state index contributed by atoms with van der Waals surface area (Å²) in [5, 5.41) is 10.6. The normalized spacial score (nSPS) is 10.2. The third kappa shape index (κ3) is 4.16. The van der Waals surface area contributed by atoms with Gasteiger partial charge in [-0.15, -0.1) is 0 Å². The zero-order chi connectivity index (χ0) is 13.5. The summed E-state index contributed by atoms with van der Waals surface area (Å²) in [5.41, 5.74) is 3.96. The van der Waals surface area contributed by atoms with Gasteiger partial charge in [-0.2, -0.15) is 10.6 Å². The van der Waals surface area contributed by atoms with Gasteiger partial charge < -0.3 is 4.84 Å². The lowest BCUT2D eigenvalue weighted by Gasteiger charge is -2.04. The lowest BCUT2D eigenvalue weighted by molar-refractivity contribution is -0.145. The smallest absolute Gasteiger partial charge is 0.329 e. The van der Waals surface area contributed by atoms with Gasteiger partial charge >= 0.3 is 5.97 Å². The molecule has 1 aromatic carbocycles. The first-order chi connectivity index (χ1) is 8.50. The Morgan fingerprint density at radius 3 is 2.89 bits per heavy atom. The zero-order valence-corrected chi connectivity index (χ0v) is 9.33. The van der Waals surface area contributed by atoms with Gasteiger partial charge in [0.05, 0.1) is 6.21 Å². The first kappa shape index (κ1) is 13.6. The number of nitrogens with one attached hydrogen (secondary N) is 3. The van der Waals surface area contributed by atoms with Crippen LogP contribution in [0.1, 0.15) is 12.5 Å². The molecular formula is C10H10F2N4O2. The Morgan fingerprint density at radius 1 is 1.50 bits per heavy atom. The number of guanidine groups is 1. The topological polar surface area (TPSA) is 86.6 Å². The second kappa shape index (κ2) is 6.28. The number of rotatable bonds is 2. The van der Waals surface area contributed by atoms with Crippen LogP contribution in [0, 0.1) is 17.0 Å². The van der Waals surface area contributed by atoms with E-state index in [2.05, 4.69) is 15.4 Å². The average Bonchev–Trinajstić information content (AvgIpc) is 2.32. The molecule has 0 saturated heterocycles. The van der Waals surface area contributed by atoms with Crippen LogP contribution in [0.4, 0.5) is 8.78 Å². The van der Waals surface area contributed by atoms with Crippen molar-refractivity contribution in [2.75, 3.05) is 0 Å². The summed E-state index contributed by atoms with van der Waals surface area (Å²) in [6.07, 6.45) is 0.988. The number of carbonyl (C=O) groups excluding carboxylic acids is 1. The number of halogens is 2. The molecule has 0 heterocycles. The Morgan fingerprint density at radius 2 is 2.22 bits per heavy atom. The van der Waals surface area contributed by atoms with E-state index in [4.69, 9.17) is 5.41 Å². The van der Waals surface area contributed by atoms with Crippen LogP contribution in [0.5, 0.6) is 0 Å². The lowest BCUT2D eigenvalue weighted by Crippen LogP contribution is -2.34. The number of carbonyl (C=O) groups is 1. The van der Waals surface area contributed by atoms with Gasteiger partial charge in [0.15, 0.2) is 11.6 Å². The predicted molar refractivity (Wildman–Crippen MR) is 59.7 cm³/mol. The molecule has 0 amide bonds. The first-order valence-corrected chi connectivity index (χ1v) is 4.75. The molecule has 1 rings (SSSR count). The Labute approximate surface area is 101 Å². The average molecular weight is 256 g/mol. The lowest BCUT2D eigenvalue weighted by atomic mass is 10.2. The van der Waals surface area contributed by atoms with Crippen molar-refractivity contribution in [1.29, 1.82) is 5.41 Å². The van der Waals surface area contributed by atoms with E-state index in [1.165, 1.54) is 12.1 Å². The van der Waals surface area contributed by atoms with Gasteiger partial charge in [0.25, 0.3) is 0 Å². The van der Waals surface area contributed by atoms with E-state index < -0.39 is 23.6 Å².